The summed E-state index contributed by atoms with van der Waals surface area (Å²) in [6.07, 6.45) is -1.59. The zero-order valence-electron chi connectivity index (χ0n) is 17.9. The summed E-state index contributed by atoms with van der Waals surface area (Å²) in [7, 11) is -4.82. The van der Waals surface area contributed by atoms with Crippen molar-refractivity contribution in [2.75, 3.05) is 13.1 Å². The highest BCUT2D eigenvalue weighted by molar-refractivity contribution is 7.84. The second kappa shape index (κ2) is 9.55. The predicted molar refractivity (Wildman–Crippen MR) is 112 cm³/mol. The molecular weight excluding hydrogens is 492 g/mol. The minimum atomic E-state index is -4.82. The van der Waals surface area contributed by atoms with Gasteiger partial charge in [0.25, 0.3) is 5.91 Å². The van der Waals surface area contributed by atoms with Crippen LogP contribution in [0.1, 0.15) is 18.5 Å². The third-order valence-electron chi connectivity index (χ3n) is 5.24. The molecule has 0 bridgehead atoms. The smallest absolute Gasteiger partial charge is 0.423 e. The average molecular weight is 512 g/mol. The van der Waals surface area contributed by atoms with E-state index >= 15 is 0 Å². The van der Waals surface area contributed by atoms with Crippen molar-refractivity contribution in [1.29, 1.82) is 0 Å². The standard InChI is InChI=1S/C18H20N6O10S/c1-9-11(14(26)24(9)35(32,33)34)19-13(25)12(10-5-3-2-4-6-10)20-17(29)22-7-8-23(21-18(30)31)16(28)15(22)27/h2-6,9,11-12,21H,7-8H2,1H3,(H,19,25)(H,20,29)(H,30,31)(H,32,33,34)/t9?,11-,12?/m0/s1. The molecule has 0 radical (unpaired) electrons. The van der Waals surface area contributed by atoms with Gasteiger partial charge in [0.2, 0.25) is 5.91 Å². The Labute approximate surface area is 197 Å². The first-order valence-corrected chi connectivity index (χ1v) is 11.3. The zero-order chi connectivity index (χ0) is 26.1. The van der Waals surface area contributed by atoms with Gasteiger partial charge < -0.3 is 15.7 Å². The minimum absolute atomic E-state index is 0.184. The van der Waals surface area contributed by atoms with Crippen LogP contribution in [-0.4, -0.2) is 93.2 Å². The molecule has 0 aliphatic carbocycles. The van der Waals surface area contributed by atoms with E-state index in [4.69, 9.17) is 9.66 Å². The van der Waals surface area contributed by atoms with E-state index < -0.39 is 64.2 Å². The quantitative estimate of drug-likeness (QED) is 0.157. The van der Waals surface area contributed by atoms with E-state index in [1.54, 1.807) is 23.6 Å². The Morgan fingerprint density at radius 1 is 1.06 bits per heavy atom. The number of carbonyl (C=O) groups excluding carboxylic acids is 5. The summed E-state index contributed by atoms with van der Waals surface area (Å²) in [5.41, 5.74) is 1.95. The molecule has 35 heavy (non-hydrogen) atoms. The number of nitrogens with one attached hydrogen (secondary N) is 3. The molecule has 5 N–H and O–H groups in total. The number of piperazine rings is 1. The Hall–Kier alpha value is -4.25. The van der Waals surface area contributed by atoms with Crippen LogP contribution in [0.2, 0.25) is 0 Å². The summed E-state index contributed by atoms with van der Waals surface area (Å²) in [5.74, 6) is -4.68. The number of β-lactam (4-membered cyclic amide) rings is 1. The lowest BCUT2D eigenvalue weighted by atomic mass is 9.99. The molecule has 2 fully saturated rings. The Kier molecular flexibility index (Phi) is 6.92. The Morgan fingerprint density at radius 3 is 2.23 bits per heavy atom. The summed E-state index contributed by atoms with van der Waals surface area (Å²) in [6, 6.07) is 2.60. The SMILES string of the molecule is CC1[C@H](NC(=O)C(NC(=O)N2CCN(NC(=O)O)C(=O)C2=O)c2ccccc2)C(=O)N1S(=O)(=O)O. The molecular formula is C18H20N6O10S. The fourth-order valence-corrected chi connectivity index (χ4v) is 4.42. The molecule has 7 amide bonds. The van der Waals surface area contributed by atoms with Crippen LogP contribution in [0.4, 0.5) is 9.59 Å². The average Bonchev–Trinajstić information content (AvgIpc) is 2.78. The lowest BCUT2D eigenvalue weighted by Gasteiger charge is -2.42. The number of nitrogens with zero attached hydrogens (tertiary/aromatic N) is 3. The summed E-state index contributed by atoms with van der Waals surface area (Å²) < 4.78 is 31.8. The van der Waals surface area contributed by atoms with Crippen molar-refractivity contribution in [2.45, 2.75) is 25.0 Å². The zero-order valence-corrected chi connectivity index (χ0v) is 18.8. The fourth-order valence-electron chi connectivity index (χ4n) is 3.54. The first-order valence-electron chi connectivity index (χ1n) is 9.92. The molecule has 3 atom stereocenters. The van der Waals surface area contributed by atoms with Crippen molar-refractivity contribution in [1.82, 2.24) is 30.3 Å². The molecule has 1 aromatic rings. The monoisotopic (exact) mass is 512 g/mol. The Bertz CT molecular complexity index is 1190. The summed E-state index contributed by atoms with van der Waals surface area (Å²) in [5, 5.41) is 13.8. The normalized spacial score (nSPS) is 21.2. The molecule has 1 aromatic carbocycles. The molecule has 2 unspecified atom stereocenters. The summed E-state index contributed by atoms with van der Waals surface area (Å²) in [6.45, 7) is 0.540. The molecule has 2 heterocycles. The number of hydrogen-bond donors (Lipinski definition) is 5. The van der Waals surface area contributed by atoms with Crippen LogP contribution >= 0.6 is 0 Å². The molecule has 17 heteroatoms. The van der Waals surface area contributed by atoms with E-state index in [9.17, 15) is 37.2 Å². The van der Waals surface area contributed by atoms with Crippen LogP contribution < -0.4 is 16.1 Å². The van der Waals surface area contributed by atoms with Gasteiger partial charge in [0.1, 0.15) is 12.1 Å². The molecule has 188 valence electrons. The minimum Gasteiger partial charge on any atom is -0.464 e. The van der Waals surface area contributed by atoms with Gasteiger partial charge in [-0.1, -0.05) is 30.3 Å². The molecule has 3 rings (SSSR count). The van der Waals surface area contributed by atoms with Gasteiger partial charge in [-0.3, -0.25) is 28.6 Å². The highest BCUT2D eigenvalue weighted by Gasteiger charge is 2.52. The van der Waals surface area contributed by atoms with Crippen molar-refractivity contribution in [2.24, 2.45) is 0 Å². The van der Waals surface area contributed by atoms with Crippen LogP contribution in [0, 0.1) is 0 Å². The first kappa shape index (κ1) is 25.4. The fraction of sp³-hybridized carbons (Fsp3) is 0.333. The third-order valence-corrected chi connectivity index (χ3v) is 6.25. The van der Waals surface area contributed by atoms with E-state index in [0.29, 0.717) is 9.91 Å². The number of carboxylic acid groups (broad SMARTS) is 1. The maximum absolute atomic E-state index is 13.0. The summed E-state index contributed by atoms with van der Waals surface area (Å²) in [4.78, 5) is 73.4. The third kappa shape index (κ3) is 5.14. The lowest BCUT2D eigenvalue weighted by Crippen LogP contribution is -2.71. The van der Waals surface area contributed by atoms with Gasteiger partial charge in [-0.15, -0.1) is 0 Å². The Balaban J connectivity index is 1.75. The number of imide groups is 1. The molecule has 16 nitrogen and oxygen atoms in total. The van der Waals surface area contributed by atoms with E-state index in [-0.39, 0.29) is 23.0 Å². The highest BCUT2D eigenvalue weighted by atomic mass is 32.2. The number of hydrogen-bond acceptors (Lipinski definition) is 8. The van der Waals surface area contributed by atoms with Gasteiger partial charge in [-0.2, -0.15) is 8.42 Å². The predicted octanol–water partition coefficient (Wildman–Crippen LogP) is -2.19. The lowest BCUT2D eigenvalue weighted by molar-refractivity contribution is -0.155. The highest BCUT2D eigenvalue weighted by Crippen LogP contribution is 2.24. The van der Waals surface area contributed by atoms with Crippen LogP contribution in [0.3, 0.4) is 0 Å². The second-order valence-electron chi connectivity index (χ2n) is 7.46. The van der Waals surface area contributed by atoms with Gasteiger partial charge in [0.15, 0.2) is 0 Å². The van der Waals surface area contributed by atoms with E-state index in [2.05, 4.69) is 10.6 Å². The maximum atomic E-state index is 13.0. The van der Waals surface area contributed by atoms with E-state index in [0.717, 1.165) is 0 Å². The van der Waals surface area contributed by atoms with Gasteiger partial charge in [-0.25, -0.2) is 24.3 Å². The number of benzene rings is 1. The van der Waals surface area contributed by atoms with E-state index in [1.807, 2.05) is 0 Å². The number of hydrazine groups is 1. The van der Waals surface area contributed by atoms with Gasteiger partial charge in [0, 0.05) is 0 Å². The number of amides is 7. The van der Waals surface area contributed by atoms with Crippen LogP contribution in [0.5, 0.6) is 0 Å². The molecule has 2 saturated heterocycles. The van der Waals surface area contributed by atoms with Crippen LogP contribution in [0.15, 0.2) is 30.3 Å². The second-order valence-corrected chi connectivity index (χ2v) is 8.75. The topological polar surface area (TPSA) is 223 Å². The molecule has 2 aliphatic heterocycles. The van der Waals surface area contributed by atoms with Gasteiger partial charge in [-0.05, 0) is 12.5 Å². The van der Waals surface area contributed by atoms with Crippen LogP contribution in [-0.2, 0) is 29.5 Å². The number of urea groups is 1. The largest absolute Gasteiger partial charge is 0.464 e. The van der Waals surface area contributed by atoms with Gasteiger partial charge >= 0.3 is 34.2 Å². The first-order chi connectivity index (χ1) is 16.3. The van der Waals surface area contributed by atoms with Crippen molar-refractivity contribution in [3.63, 3.8) is 0 Å². The van der Waals surface area contributed by atoms with Crippen LogP contribution in [0.25, 0.3) is 0 Å². The molecule has 2 aliphatic rings. The summed E-state index contributed by atoms with van der Waals surface area (Å²) >= 11 is 0. The molecule has 0 spiro atoms. The number of carbonyl (C=O) groups is 6. The Morgan fingerprint density at radius 2 is 1.69 bits per heavy atom. The maximum Gasteiger partial charge on any atom is 0.423 e. The van der Waals surface area contributed by atoms with Crippen molar-refractivity contribution in [3.8, 4) is 0 Å². The van der Waals surface area contributed by atoms with Crippen molar-refractivity contribution in [3.05, 3.63) is 35.9 Å². The molecule has 0 saturated carbocycles. The van der Waals surface area contributed by atoms with Crippen molar-refractivity contribution >= 4 is 46.1 Å². The molecule has 0 aromatic heterocycles. The number of rotatable bonds is 6. The van der Waals surface area contributed by atoms with E-state index in [1.165, 1.54) is 19.1 Å². The van der Waals surface area contributed by atoms with Gasteiger partial charge in [0.05, 0.1) is 19.1 Å². The van der Waals surface area contributed by atoms with Crippen molar-refractivity contribution < 1.29 is 46.8 Å².